The van der Waals surface area contributed by atoms with E-state index < -0.39 is 10.9 Å². The van der Waals surface area contributed by atoms with Gasteiger partial charge in [0, 0.05) is 23.8 Å². The van der Waals surface area contributed by atoms with Crippen LogP contribution in [0.4, 0.5) is 5.69 Å². The van der Waals surface area contributed by atoms with E-state index in [-0.39, 0.29) is 23.8 Å². The number of rotatable bonds is 7. The molecule has 0 bridgehead atoms. The van der Waals surface area contributed by atoms with Gasteiger partial charge in [-0.3, -0.25) is 10.1 Å². The summed E-state index contributed by atoms with van der Waals surface area (Å²) in [5.74, 6) is -0.201. The quantitative estimate of drug-likeness (QED) is 0.465. The van der Waals surface area contributed by atoms with Crippen molar-refractivity contribution in [2.75, 3.05) is 0 Å². The summed E-state index contributed by atoms with van der Waals surface area (Å²) < 4.78 is 5.79. The number of carboxylic acids is 1. The third kappa shape index (κ3) is 4.92. The number of non-ortho nitro benzene ring substituents is 1. The number of hydrogen-bond acceptors (Lipinski definition) is 6. The topological polar surface area (TPSA) is 115 Å². The number of carbonyl (C=O) groups is 1. The molecule has 148 valence electrons. The molecule has 3 rings (SSSR count). The Labute approximate surface area is 167 Å². The van der Waals surface area contributed by atoms with Crippen LogP contribution < -0.4 is 4.74 Å². The second-order valence-corrected chi connectivity index (χ2v) is 6.71. The van der Waals surface area contributed by atoms with Crippen LogP contribution in [-0.2, 0) is 6.61 Å². The van der Waals surface area contributed by atoms with Crippen molar-refractivity contribution in [1.82, 2.24) is 9.97 Å². The summed E-state index contributed by atoms with van der Waals surface area (Å²) in [4.78, 5) is 30.4. The highest BCUT2D eigenvalue weighted by molar-refractivity contribution is 5.87. The molecule has 8 heteroatoms. The van der Waals surface area contributed by atoms with Crippen molar-refractivity contribution in [2.45, 2.75) is 26.4 Å². The van der Waals surface area contributed by atoms with E-state index in [1.165, 1.54) is 24.3 Å². The van der Waals surface area contributed by atoms with Gasteiger partial charge in [0.15, 0.2) is 5.82 Å². The molecule has 0 radical (unpaired) electrons. The number of nitro groups is 1. The van der Waals surface area contributed by atoms with Gasteiger partial charge in [-0.05, 0) is 23.6 Å². The van der Waals surface area contributed by atoms with E-state index >= 15 is 0 Å². The van der Waals surface area contributed by atoms with Gasteiger partial charge in [-0.25, -0.2) is 9.78 Å². The van der Waals surface area contributed by atoms with Gasteiger partial charge < -0.3 is 9.84 Å². The molecule has 0 aliphatic heterocycles. The zero-order valence-corrected chi connectivity index (χ0v) is 15.9. The first-order valence-corrected chi connectivity index (χ1v) is 8.92. The highest BCUT2D eigenvalue weighted by atomic mass is 16.6. The van der Waals surface area contributed by atoms with Crippen LogP contribution >= 0.6 is 0 Å². The Balaban J connectivity index is 1.88. The lowest BCUT2D eigenvalue weighted by Gasteiger charge is -2.12. The highest BCUT2D eigenvalue weighted by Gasteiger charge is 2.14. The molecule has 1 N–H and O–H groups in total. The van der Waals surface area contributed by atoms with Crippen LogP contribution in [0.25, 0.3) is 11.4 Å². The second-order valence-electron chi connectivity index (χ2n) is 6.71. The van der Waals surface area contributed by atoms with E-state index in [0.29, 0.717) is 17.3 Å². The van der Waals surface area contributed by atoms with E-state index in [4.69, 9.17) is 9.84 Å². The molecule has 0 saturated carbocycles. The van der Waals surface area contributed by atoms with Crippen LogP contribution in [0.1, 0.15) is 41.4 Å². The molecule has 1 heterocycles. The van der Waals surface area contributed by atoms with E-state index in [2.05, 4.69) is 9.97 Å². The Morgan fingerprint density at radius 1 is 1.14 bits per heavy atom. The van der Waals surface area contributed by atoms with Gasteiger partial charge in [0.05, 0.1) is 16.2 Å². The van der Waals surface area contributed by atoms with Crippen LogP contribution in [0.15, 0.2) is 54.6 Å². The van der Waals surface area contributed by atoms with Crippen LogP contribution in [0.5, 0.6) is 5.88 Å². The third-order valence-electron chi connectivity index (χ3n) is 4.22. The molecule has 2 aromatic carbocycles. The fraction of sp³-hybridized carbons (Fsp3) is 0.190. The third-order valence-corrected chi connectivity index (χ3v) is 4.22. The number of nitrogens with zero attached hydrogens (tertiary/aromatic N) is 3. The summed E-state index contributed by atoms with van der Waals surface area (Å²) in [7, 11) is 0. The average molecular weight is 393 g/mol. The van der Waals surface area contributed by atoms with Gasteiger partial charge in [-0.2, -0.15) is 4.98 Å². The molecule has 0 fully saturated rings. The lowest BCUT2D eigenvalue weighted by molar-refractivity contribution is -0.384. The Bertz CT molecular complexity index is 1050. The smallest absolute Gasteiger partial charge is 0.335 e. The molecule has 0 amide bonds. The first kappa shape index (κ1) is 19.9. The molecule has 1 aromatic heterocycles. The summed E-state index contributed by atoms with van der Waals surface area (Å²) in [5.41, 5.74) is 2.22. The molecule has 8 nitrogen and oxygen atoms in total. The Morgan fingerprint density at radius 2 is 1.86 bits per heavy atom. The van der Waals surface area contributed by atoms with E-state index in [1.54, 1.807) is 30.3 Å². The van der Waals surface area contributed by atoms with Crippen LogP contribution in [0, 0.1) is 10.1 Å². The average Bonchev–Trinajstić information content (AvgIpc) is 2.72. The van der Waals surface area contributed by atoms with Gasteiger partial charge in [0.25, 0.3) is 5.69 Å². The number of nitro benzene ring substituents is 1. The molecule has 0 spiro atoms. The van der Waals surface area contributed by atoms with E-state index in [0.717, 1.165) is 11.3 Å². The van der Waals surface area contributed by atoms with Gasteiger partial charge in [-0.15, -0.1) is 0 Å². The molecule has 29 heavy (non-hydrogen) atoms. The highest BCUT2D eigenvalue weighted by Crippen LogP contribution is 2.26. The lowest BCUT2D eigenvalue weighted by atomic mass is 10.1. The molecule has 3 aromatic rings. The number of aromatic nitrogens is 2. The van der Waals surface area contributed by atoms with Gasteiger partial charge in [0.2, 0.25) is 5.88 Å². The van der Waals surface area contributed by atoms with Gasteiger partial charge in [-0.1, -0.05) is 38.1 Å². The van der Waals surface area contributed by atoms with Crippen molar-refractivity contribution in [1.29, 1.82) is 0 Å². The number of aromatic carboxylic acids is 1. The predicted octanol–water partition coefficient (Wildman–Crippen LogP) is 4.45. The first-order valence-electron chi connectivity index (χ1n) is 8.92. The molecule has 0 unspecified atom stereocenters. The van der Waals surface area contributed by atoms with E-state index in [9.17, 15) is 14.9 Å². The summed E-state index contributed by atoms with van der Waals surface area (Å²) in [6.07, 6.45) is 0. The number of ether oxygens (including phenoxy) is 1. The lowest BCUT2D eigenvalue weighted by Crippen LogP contribution is -2.04. The maximum Gasteiger partial charge on any atom is 0.335 e. The van der Waals surface area contributed by atoms with Crippen molar-refractivity contribution in [3.8, 4) is 17.3 Å². The normalized spacial score (nSPS) is 10.7. The van der Waals surface area contributed by atoms with Crippen molar-refractivity contribution in [3.63, 3.8) is 0 Å². The van der Waals surface area contributed by atoms with Gasteiger partial charge >= 0.3 is 5.97 Å². The summed E-state index contributed by atoms with van der Waals surface area (Å²) in [6, 6.07) is 14.2. The summed E-state index contributed by atoms with van der Waals surface area (Å²) >= 11 is 0. The van der Waals surface area contributed by atoms with E-state index in [1.807, 2.05) is 13.8 Å². The molecular weight excluding hydrogens is 374 g/mol. The minimum Gasteiger partial charge on any atom is -0.478 e. The minimum atomic E-state index is -0.989. The number of benzene rings is 2. The zero-order valence-electron chi connectivity index (χ0n) is 15.9. The van der Waals surface area contributed by atoms with Crippen molar-refractivity contribution in [2.24, 2.45) is 0 Å². The predicted molar refractivity (Wildman–Crippen MR) is 106 cm³/mol. The van der Waals surface area contributed by atoms with Crippen LogP contribution in [0.3, 0.4) is 0 Å². The monoisotopic (exact) mass is 393 g/mol. The Kier molecular flexibility index (Phi) is 5.82. The molecule has 0 aliphatic rings. The Hall–Kier alpha value is -3.81. The molecule has 0 saturated heterocycles. The maximum absolute atomic E-state index is 11.1. The van der Waals surface area contributed by atoms with Gasteiger partial charge in [0.1, 0.15) is 6.61 Å². The molecular formula is C21H19N3O5. The fourth-order valence-corrected chi connectivity index (χ4v) is 2.60. The second kappa shape index (κ2) is 8.47. The van der Waals surface area contributed by atoms with Crippen LogP contribution in [-0.4, -0.2) is 26.0 Å². The number of hydrogen-bond donors (Lipinski definition) is 1. The summed E-state index contributed by atoms with van der Waals surface area (Å²) in [5, 5.41) is 20.0. The minimum absolute atomic E-state index is 0.0398. The molecule has 0 aliphatic carbocycles. The number of carboxylic acid groups (broad SMARTS) is 1. The zero-order chi connectivity index (χ0) is 21.0. The summed E-state index contributed by atoms with van der Waals surface area (Å²) in [6.45, 7) is 4.16. The van der Waals surface area contributed by atoms with Crippen molar-refractivity contribution >= 4 is 11.7 Å². The van der Waals surface area contributed by atoms with Crippen molar-refractivity contribution in [3.05, 3.63) is 81.5 Å². The Morgan fingerprint density at radius 3 is 2.48 bits per heavy atom. The first-order chi connectivity index (χ1) is 13.8. The van der Waals surface area contributed by atoms with Crippen LogP contribution in [0.2, 0.25) is 0 Å². The fourth-order valence-electron chi connectivity index (χ4n) is 2.60. The van der Waals surface area contributed by atoms with Crippen molar-refractivity contribution < 1.29 is 19.6 Å². The maximum atomic E-state index is 11.1. The SMILES string of the molecule is CC(C)c1cc(OCc2ccc(C(=O)O)cc2)nc(-c2cccc([N+](=O)[O-])c2)n1. The molecule has 0 atom stereocenters. The largest absolute Gasteiger partial charge is 0.478 e. The standard InChI is InChI=1S/C21H19N3O5/c1-13(2)18-11-19(29-12-14-6-8-15(9-7-14)21(25)26)23-20(22-18)16-4-3-5-17(10-16)24(27)28/h3-11,13H,12H2,1-2H3,(H,25,26).